The SMILES string of the molecule is Cc1ccc(NC(=O)/C(C#N)=C/c2ccc([N+](=O)[O-])cc2)c(C)c1. The highest BCUT2D eigenvalue weighted by atomic mass is 16.6. The number of nitrogens with one attached hydrogen (secondary N) is 1. The van der Waals surface area contributed by atoms with Crippen LogP contribution in [0.3, 0.4) is 0 Å². The summed E-state index contributed by atoms with van der Waals surface area (Å²) in [4.78, 5) is 22.4. The third kappa shape index (κ3) is 4.05. The Balaban J connectivity index is 2.22. The first-order chi connectivity index (χ1) is 11.4. The largest absolute Gasteiger partial charge is 0.321 e. The van der Waals surface area contributed by atoms with E-state index in [-0.39, 0.29) is 11.3 Å². The van der Waals surface area contributed by atoms with Crippen molar-refractivity contribution < 1.29 is 9.72 Å². The van der Waals surface area contributed by atoms with E-state index in [0.29, 0.717) is 11.3 Å². The van der Waals surface area contributed by atoms with E-state index in [4.69, 9.17) is 0 Å². The van der Waals surface area contributed by atoms with Gasteiger partial charge in [0.25, 0.3) is 11.6 Å². The first-order valence-corrected chi connectivity index (χ1v) is 7.15. The van der Waals surface area contributed by atoms with Crippen LogP contribution < -0.4 is 5.32 Å². The lowest BCUT2D eigenvalue weighted by molar-refractivity contribution is -0.384. The molecule has 0 aliphatic heterocycles. The van der Waals surface area contributed by atoms with Crippen LogP contribution in [-0.4, -0.2) is 10.8 Å². The third-order valence-electron chi connectivity index (χ3n) is 3.41. The molecule has 0 aromatic heterocycles. The van der Waals surface area contributed by atoms with Gasteiger partial charge in [-0.3, -0.25) is 14.9 Å². The molecule has 0 heterocycles. The highest BCUT2D eigenvalue weighted by Gasteiger charge is 2.11. The topological polar surface area (TPSA) is 96.0 Å². The summed E-state index contributed by atoms with van der Waals surface area (Å²) in [5.74, 6) is -0.525. The molecule has 0 saturated carbocycles. The summed E-state index contributed by atoms with van der Waals surface area (Å²) >= 11 is 0. The lowest BCUT2D eigenvalue weighted by Gasteiger charge is -2.08. The fraction of sp³-hybridized carbons (Fsp3) is 0.111. The number of rotatable bonds is 4. The molecule has 6 heteroatoms. The minimum atomic E-state index is -0.525. The third-order valence-corrected chi connectivity index (χ3v) is 3.41. The van der Waals surface area contributed by atoms with E-state index in [2.05, 4.69) is 5.32 Å². The van der Waals surface area contributed by atoms with Gasteiger partial charge in [0.1, 0.15) is 11.6 Å². The van der Waals surface area contributed by atoms with Crippen molar-refractivity contribution in [2.24, 2.45) is 0 Å². The molecular formula is C18H15N3O3. The van der Waals surface area contributed by atoms with Crippen LogP contribution in [0.2, 0.25) is 0 Å². The van der Waals surface area contributed by atoms with E-state index < -0.39 is 10.8 Å². The number of nitro groups is 1. The molecule has 6 nitrogen and oxygen atoms in total. The van der Waals surface area contributed by atoms with Crippen LogP contribution in [0.15, 0.2) is 48.0 Å². The summed E-state index contributed by atoms with van der Waals surface area (Å²) in [5, 5.41) is 22.5. The van der Waals surface area contributed by atoms with Gasteiger partial charge in [-0.05, 0) is 49.2 Å². The first kappa shape index (κ1) is 16.9. The Morgan fingerprint density at radius 1 is 1.21 bits per heavy atom. The van der Waals surface area contributed by atoms with E-state index in [9.17, 15) is 20.2 Å². The van der Waals surface area contributed by atoms with Crippen LogP contribution in [0.1, 0.15) is 16.7 Å². The molecule has 0 saturated heterocycles. The Bertz CT molecular complexity index is 862. The molecule has 0 fully saturated rings. The molecule has 1 N–H and O–H groups in total. The standard InChI is InChI=1S/C18H15N3O3/c1-12-3-8-17(13(2)9-12)20-18(22)15(11-19)10-14-4-6-16(7-5-14)21(23)24/h3-10H,1-2H3,(H,20,22)/b15-10+. The Morgan fingerprint density at radius 3 is 2.42 bits per heavy atom. The Kier molecular flexibility index (Phi) is 5.07. The van der Waals surface area contributed by atoms with Crippen molar-refractivity contribution in [3.05, 3.63) is 74.8 Å². The molecule has 0 radical (unpaired) electrons. The molecule has 0 spiro atoms. The summed E-state index contributed by atoms with van der Waals surface area (Å²) in [5.41, 5.74) is 3.01. The number of carbonyl (C=O) groups is 1. The van der Waals surface area contributed by atoms with Gasteiger partial charge in [-0.15, -0.1) is 0 Å². The van der Waals surface area contributed by atoms with Crippen molar-refractivity contribution in [1.29, 1.82) is 5.26 Å². The first-order valence-electron chi connectivity index (χ1n) is 7.15. The summed E-state index contributed by atoms with van der Waals surface area (Å²) in [6, 6.07) is 13.1. The predicted octanol–water partition coefficient (Wildman–Crippen LogP) is 3.76. The normalized spacial score (nSPS) is 10.8. The minimum Gasteiger partial charge on any atom is -0.321 e. The van der Waals surface area contributed by atoms with Gasteiger partial charge < -0.3 is 5.32 Å². The number of carbonyl (C=O) groups excluding carboxylic acids is 1. The van der Waals surface area contributed by atoms with E-state index in [0.717, 1.165) is 11.1 Å². The fourth-order valence-corrected chi connectivity index (χ4v) is 2.15. The summed E-state index contributed by atoms with van der Waals surface area (Å²) in [6.45, 7) is 3.82. The zero-order valence-electron chi connectivity index (χ0n) is 13.2. The number of aryl methyl sites for hydroxylation is 2. The number of anilines is 1. The van der Waals surface area contributed by atoms with Crippen molar-refractivity contribution in [3.8, 4) is 6.07 Å². The van der Waals surface area contributed by atoms with Gasteiger partial charge in [0.15, 0.2) is 0 Å². The molecule has 2 aromatic carbocycles. The average Bonchev–Trinajstić information content (AvgIpc) is 2.55. The average molecular weight is 321 g/mol. The molecule has 2 aromatic rings. The minimum absolute atomic E-state index is 0.0506. The molecule has 0 atom stereocenters. The smallest absolute Gasteiger partial charge is 0.269 e. The lowest BCUT2D eigenvalue weighted by Crippen LogP contribution is -2.14. The molecule has 0 aliphatic carbocycles. The lowest BCUT2D eigenvalue weighted by atomic mass is 10.1. The van der Waals surface area contributed by atoms with Crippen molar-refractivity contribution in [2.45, 2.75) is 13.8 Å². The second-order valence-electron chi connectivity index (χ2n) is 5.29. The number of hydrogen-bond donors (Lipinski definition) is 1. The van der Waals surface area contributed by atoms with E-state index in [1.807, 2.05) is 32.0 Å². The van der Waals surface area contributed by atoms with Crippen molar-refractivity contribution in [1.82, 2.24) is 0 Å². The number of nitrogens with zero attached hydrogens (tertiary/aromatic N) is 2. The van der Waals surface area contributed by atoms with Gasteiger partial charge in [0.2, 0.25) is 0 Å². The van der Waals surface area contributed by atoms with Crippen molar-refractivity contribution in [2.75, 3.05) is 5.32 Å². The quantitative estimate of drug-likeness (QED) is 0.401. The van der Waals surface area contributed by atoms with Crippen LogP contribution in [-0.2, 0) is 4.79 Å². The van der Waals surface area contributed by atoms with Gasteiger partial charge >= 0.3 is 0 Å². The number of benzene rings is 2. The summed E-state index contributed by atoms with van der Waals surface area (Å²) < 4.78 is 0. The number of nitro benzene ring substituents is 1. The number of non-ortho nitro benzene ring substituents is 1. The summed E-state index contributed by atoms with van der Waals surface area (Å²) in [7, 11) is 0. The van der Waals surface area contributed by atoms with Gasteiger partial charge in [-0.1, -0.05) is 17.7 Å². The number of hydrogen-bond acceptors (Lipinski definition) is 4. The van der Waals surface area contributed by atoms with E-state index in [1.165, 1.54) is 30.3 Å². The molecular weight excluding hydrogens is 306 g/mol. The second-order valence-corrected chi connectivity index (χ2v) is 5.29. The maximum absolute atomic E-state index is 12.3. The van der Waals surface area contributed by atoms with Crippen LogP contribution in [0, 0.1) is 35.3 Å². The van der Waals surface area contributed by atoms with E-state index in [1.54, 1.807) is 6.07 Å². The van der Waals surface area contributed by atoms with E-state index >= 15 is 0 Å². The molecule has 0 bridgehead atoms. The summed E-state index contributed by atoms with van der Waals surface area (Å²) in [6.07, 6.45) is 1.39. The Morgan fingerprint density at radius 2 is 1.88 bits per heavy atom. The predicted molar refractivity (Wildman–Crippen MR) is 91.2 cm³/mol. The fourth-order valence-electron chi connectivity index (χ4n) is 2.15. The molecule has 0 aliphatic rings. The second kappa shape index (κ2) is 7.20. The Labute approximate surface area is 139 Å². The number of nitriles is 1. The highest BCUT2D eigenvalue weighted by Crippen LogP contribution is 2.18. The monoisotopic (exact) mass is 321 g/mol. The van der Waals surface area contributed by atoms with Gasteiger partial charge in [0, 0.05) is 17.8 Å². The molecule has 0 unspecified atom stereocenters. The van der Waals surface area contributed by atoms with Gasteiger partial charge in [-0.25, -0.2) is 0 Å². The maximum atomic E-state index is 12.3. The molecule has 120 valence electrons. The maximum Gasteiger partial charge on any atom is 0.269 e. The van der Waals surface area contributed by atoms with Crippen molar-refractivity contribution in [3.63, 3.8) is 0 Å². The zero-order valence-corrected chi connectivity index (χ0v) is 13.2. The van der Waals surface area contributed by atoms with Gasteiger partial charge in [0.05, 0.1) is 4.92 Å². The zero-order chi connectivity index (χ0) is 17.7. The molecule has 2 rings (SSSR count). The Hall–Kier alpha value is -3.46. The molecule has 24 heavy (non-hydrogen) atoms. The van der Waals surface area contributed by atoms with Crippen LogP contribution >= 0.6 is 0 Å². The van der Waals surface area contributed by atoms with Crippen LogP contribution in [0.5, 0.6) is 0 Å². The van der Waals surface area contributed by atoms with Gasteiger partial charge in [-0.2, -0.15) is 5.26 Å². The highest BCUT2D eigenvalue weighted by molar-refractivity contribution is 6.09. The van der Waals surface area contributed by atoms with Crippen LogP contribution in [0.4, 0.5) is 11.4 Å². The van der Waals surface area contributed by atoms with Crippen molar-refractivity contribution >= 4 is 23.4 Å². The molecule has 1 amide bonds. The number of amides is 1. The van der Waals surface area contributed by atoms with Crippen LogP contribution in [0.25, 0.3) is 6.08 Å².